The van der Waals surface area contributed by atoms with E-state index in [0.29, 0.717) is 6.61 Å². The van der Waals surface area contributed by atoms with Crippen LogP contribution in [0.5, 0.6) is 5.75 Å². The molecular formula is C19H28O2. The van der Waals surface area contributed by atoms with Crippen LogP contribution in [-0.2, 0) is 10.8 Å². The summed E-state index contributed by atoms with van der Waals surface area (Å²) in [5.74, 6) is 6.64. The molecule has 0 radical (unpaired) electrons. The zero-order valence-electron chi connectivity index (χ0n) is 14.4. The van der Waals surface area contributed by atoms with E-state index in [1.54, 1.807) is 0 Å². The highest BCUT2D eigenvalue weighted by Crippen LogP contribution is 2.38. The fourth-order valence-electron chi connectivity index (χ4n) is 2.15. The van der Waals surface area contributed by atoms with Crippen molar-refractivity contribution in [3.63, 3.8) is 0 Å². The molecule has 1 rings (SSSR count). The third kappa shape index (κ3) is 4.51. The maximum Gasteiger partial charge on any atom is 0.138 e. The maximum atomic E-state index is 8.99. The summed E-state index contributed by atoms with van der Waals surface area (Å²) in [5, 5.41) is 8.99. The summed E-state index contributed by atoms with van der Waals surface area (Å²) in [4.78, 5) is 0. The first-order valence-electron chi connectivity index (χ1n) is 7.52. The van der Waals surface area contributed by atoms with Crippen LogP contribution in [0.4, 0.5) is 0 Å². The minimum Gasteiger partial charge on any atom is -0.492 e. The fraction of sp³-hybridized carbons (Fsp3) is 0.579. The number of hydrogen-bond donors (Lipinski definition) is 1. The predicted octanol–water partition coefficient (Wildman–Crippen LogP) is 4.02. The number of rotatable bonds is 2. The molecule has 0 aromatic heterocycles. The van der Waals surface area contributed by atoms with Crippen LogP contribution < -0.4 is 4.74 Å². The Morgan fingerprint density at radius 2 is 1.67 bits per heavy atom. The first kappa shape index (κ1) is 17.6. The third-order valence-electron chi connectivity index (χ3n) is 3.35. The van der Waals surface area contributed by atoms with E-state index >= 15 is 0 Å². The van der Waals surface area contributed by atoms with E-state index in [2.05, 4.69) is 65.5 Å². The van der Waals surface area contributed by atoms with Crippen molar-refractivity contribution in [3.8, 4) is 17.6 Å². The van der Waals surface area contributed by atoms with Gasteiger partial charge in [0, 0.05) is 5.56 Å². The van der Waals surface area contributed by atoms with Crippen molar-refractivity contribution >= 4 is 0 Å². The van der Waals surface area contributed by atoms with E-state index < -0.39 is 0 Å². The molecular weight excluding hydrogens is 260 g/mol. The van der Waals surface area contributed by atoms with E-state index in [9.17, 15) is 0 Å². The standard InChI is InChI=1S/C19H28O2/c1-8-21-17-14(10-9-11-20)12-15(18(2,3)4)13-16(17)19(5,6)7/h12-13,20H,8,11H2,1-7H3. The zero-order chi connectivity index (χ0) is 16.3. The predicted molar refractivity (Wildman–Crippen MR) is 89.0 cm³/mol. The van der Waals surface area contributed by atoms with Crippen molar-refractivity contribution in [3.05, 3.63) is 28.8 Å². The Kier molecular flexibility index (Phi) is 5.48. The fourth-order valence-corrected chi connectivity index (χ4v) is 2.15. The quantitative estimate of drug-likeness (QED) is 0.833. The van der Waals surface area contributed by atoms with Crippen LogP contribution in [-0.4, -0.2) is 18.3 Å². The van der Waals surface area contributed by atoms with Gasteiger partial charge in [0.2, 0.25) is 0 Å². The van der Waals surface area contributed by atoms with Crippen molar-refractivity contribution in [2.24, 2.45) is 0 Å². The lowest BCUT2D eigenvalue weighted by Crippen LogP contribution is -2.18. The van der Waals surface area contributed by atoms with Crippen molar-refractivity contribution < 1.29 is 9.84 Å². The molecule has 1 aromatic carbocycles. The van der Waals surface area contributed by atoms with E-state index in [0.717, 1.165) is 11.3 Å². The van der Waals surface area contributed by atoms with Crippen LogP contribution in [0.1, 0.15) is 65.2 Å². The van der Waals surface area contributed by atoms with Gasteiger partial charge < -0.3 is 9.84 Å². The second kappa shape index (κ2) is 6.54. The van der Waals surface area contributed by atoms with Gasteiger partial charge in [0.25, 0.3) is 0 Å². The highest BCUT2D eigenvalue weighted by atomic mass is 16.5. The smallest absolute Gasteiger partial charge is 0.138 e. The monoisotopic (exact) mass is 288 g/mol. The van der Waals surface area contributed by atoms with Crippen LogP contribution in [0.2, 0.25) is 0 Å². The van der Waals surface area contributed by atoms with Gasteiger partial charge in [-0.15, -0.1) is 0 Å². The molecule has 0 atom stereocenters. The van der Waals surface area contributed by atoms with Gasteiger partial charge in [-0.2, -0.15) is 0 Å². The molecule has 0 fully saturated rings. The SMILES string of the molecule is CCOc1c(C#CCO)cc(C(C)(C)C)cc1C(C)(C)C. The van der Waals surface area contributed by atoms with Crippen LogP contribution in [0, 0.1) is 11.8 Å². The van der Waals surface area contributed by atoms with Crippen LogP contribution >= 0.6 is 0 Å². The molecule has 0 saturated carbocycles. The average Bonchev–Trinajstić information content (AvgIpc) is 2.34. The molecule has 2 heteroatoms. The molecule has 1 N–H and O–H groups in total. The Hall–Kier alpha value is -1.46. The van der Waals surface area contributed by atoms with Crippen molar-refractivity contribution in [2.45, 2.75) is 59.3 Å². The molecule has 0 spiro atoms. The highest BCUT2D eigenvalue weighted by molar-refractivity contribution is 5.56. The van der Waals surface area contributed by atoms with Gasteiger partial charge >= 0.3 is 0 Å². The molecule has 0 amide bonds. The average molecular weight is 288 g/mol. The van der Waals surface area contributed by atoms with Gasteiger partial charge in [-0.1, -0.05) is 59.4 Å². The Morgan fingerprint density at radius 1 is 1.05 bits per heavy atom. The van der Waals surface area contributed by atoms with Gasteiger partial charge in [0.15, 0.2) is 0 Å². The number of aliphatic hydroxyl groups excluding tert-OH is 1. The summed E-state index contributed by atoms with van der Waals surface area (Å²) in [6.45, 7) is 15.6. The minimum atomic E-state index is -0.143. The van der Waals surface area contributed by atoms with E-state index in [1.165, 1.54) is 11.1 Å². The maximum absolute atomic E-state index is 8.99. The van der Waals surface area contributed by atoms with E-state index in [4.69, 9.17) is 9.84 Å². The molecule has 0 aliphatic heterocycles. The van der Waals surface area contributed by atoms with Crippen LogP contribution in [0.3, 0.4) is 0 Å². The molecule has 0 aliphatic rings. The largest absolute Gasteiger partial charge is 0.492 e. The summed E-state index contributed by atoms with van der Waals surface area (Å²) >= 11 is 0. The Morgan fingerprint density at radius 3 is 2.10 bits per heavy atom. The van der Waals surface area contributed by atoms with E-state index in [1.807, 2.05) is 6.92 Å². The van der Waals surface area contributed by atoms with E-state index in [-0.39, 0.29) is 17.4 Å². The number of benzene rings is 1. The third-order valence-corrected chi connectivity index (χ3v) is 3.35. The normalized spacial score (nSPS) is 11.8. The lowest BCUT2D eigenvalue weighted by molar-refractivity contribution is 0.328. The number of hydrogen-bond acceptors (Lipinski definition) is 2. The van der Waals surface area contributed by atoms with Crippen LogP contribution in [0.15, 0.2) is 12.1 Å². The van der Waals surface area contributed by atoms with Crippen LogP contribution in [0.25, 0.3) is 0 Å². The lowest BCUT2D eigenvalue weighted by atomic mass is 9.79. The summed E-state index contributed by atoms with van der Waals surface area (Å²) in [7, 11) is 0. The molecule has 21 heavy (non-hydrogen) atoms. The topological polar surface area (TPSA) is 29.5 Å². The Balaban J connectivity index is 3.66. The first-order chi connectivity index (χ1) is 9.61. The van der Waals surface area contributed by atoms with Gasteiger partial charge in [0.1, 0.15) is 12.4 Å². The first-order valence-corrected chi connectivity index (χ1v) is 7.52. The number of ether oxygens (including phenoxy) is 1. The van der Waals surface area contributed by atoms with Gasteiger partial charge in [-0.3, -0.25) is 0 Å². The van der Waals surface area contributed by atoms with Gasteiger partial charge in [-0.25, -0.2) is 0 Å². The second-order valence-electron chi connectivity index (χ2n) is 7.29. The summed E-state index contributed by atoms with van der Waals surface area (Å²) in [6.07, 6.45) is 0. The molecule has 0 aliphatic carbocycles. The van der Waals surface area contributed by atoms with Gasteiger partial charge in [-0.05, 0) is 29.4 Å². The molecule has 0 bridgehead atoms. The minimum absolute atomic E-state index is 0.0264. The lowest BCUT2D eigenvalue weighted by Gasteiger charge is -2.28. The Labute approximate surface area is 129 Å². The zero-order valence-corrected chi connectivity index (χ0v) is 14.4. The van der Waals surface area contributed by atoms with Gasteiger partial charge in [0.05, 0.1) is 12.2 Å². The Bertz CT molecular complexity index is 546. The molecule has 0 saturated heterocycles. The molecule has 0 unspecified atom stereocenters. The summed E-state index contributed by atoms with van der Waals surface area (Å²) < 4.78 is 5.88. The van der Waals surface area contributed by atoms with Crippen molar-refractivity contribution in [2.75, 3.05) is 13.2 Å². The van der Waals surface area contributed by atoms with Crippen molar-refractivity contribution in [1.82, 2.24) is 0 Å². The molecule has 2 nitrogen and oxygen atoms in total. The number of aliphatic hydroxyl groups is 1. The van der Waals surface area contributed by atoms with Crippen molar-refractivity contribution in [1.29, 1.82) is 0 Å². The molecule has 116 valence electrons. The second-order valence-corrected chi connectivity index (χ2v) is 7.29. The summed E-state index contributed by atoms with van der Waals surface area (Å²) in [5.41, 5.74) is 3.28. The molecule has 1 aromatic rings. The molecule has 0 heterocycles. The highest BCUT2D eigenvalue weighted by Gasteiger charge is 2.25. The summed E-state index contributed by atoms with van der Waals surface area (Å²) in [6, 6.07) is 4.32.